The van der Waals surface area contributed by atoms with Crippen LogP contribution in [0.2, 0.25) is 0 Å². The minimum atomic E-state index is -0.807. The molecular formula is C21H28FNO4. The number of carboxylic acids is 1. The van der Waals surface area contributed by atoms with Gasteiger partial charge >= 0.3 is 5.97 Å². The van der Waals surface area contributed by atoms with Gasteiger partial charge in [0.15, 0.2) is 11.6 Å². The van der Waals surface area contributed by atoms with Crippen LogP contribution in [0, 0.1) is 23.6 Å². The Kier molecular flexibility index (Phi) is 6.02. The van der Waals surface area contributed by atoms with Crippen LogP contribution in [0.5, 0.6) is 5.75 Å². The number of nitrogens with zero attached hydrogens (tertiary/aromatic N) is 1. The molecule has 3 rings (SSSR count). The van der Waals surface area contributed by atoms with E-state index in [2.05, 4.69) is 6.92 Å². The first-order valence-electron chi connectivity index (χ1n) is 9.88. The molecule has 148 valence electrons. The highest BCUT2D eigenvalue weighted by Gasteiger charge is 2.34. The van der Waals surface area contributed by atoms with E-state index in [9.17, 15) is 19.1 Å². The lowest BCUT2D eigenvalue weighted by Crippen LogP contribution is -2.32. The summed E-state index contributed by atoms with van der Waals surface area (Å²) in [6, 6.07) is 2.93. The molecule has 6 heteroatoms. The standard InChI is InChI=1S/C21H28FNO4/c1-13(3-2-4-18(25)26)15-7-5-14(6-8-15)11-23-12-16-9-10-17(24)20(22)19(16)21(23)27/h9-10,13-15,24H,2-8,11-12H2,1H3,(H,25,26). The highest BCUT2D eigenvalue weighted by atomic mass is 19.1. The fourth-order valence-corrected chi connectivity index (χ4v) is 4.61. The molecule has 5 nitrogen and oxygen atoms in total. The van der Waals surface area contributed by atoms with Crippen molar-refractivity contribution in [1.82, 2.24) is 4.90 Å². The third-order valence-corrected chi connectivity index (χ3v) is 6.30. The molecular weight excluding hydrogens is 349 g/mol. The number of amides is 1. The molecule has 0 spiro atoms. The van der Waals surface area contributed by atoms with Gasteiger partial charge in [-0.1, -0.05) is 13.0 Å². The maximum atomic E-state index is 14.1. The Bertz CT molecular complexity index is 712. The summed E-state index contributed by atoms with van der Waals surface area (Å²) in [7, 11) is 0. The molecule has 1 aliphatic carbocycles. The van der Waals surface area contributed by atoms with Gasteiger partial charge in [-0.3, -0.25) is 9.59 Å². The molecule has 1 amide bonds. The predicted molar refractivity (Wildman–Crippen MR) is 98.9 cm³/mol. The SMILES string of the molecule is CC(CCCC(=O)O)C1CCC(CN2Cc3ccc(O)c(F)c3C2=O)CC1. The summed E-state index contributed by atoms with van der Waals surface area (Å²) >= 11 is 0. The molecule has 0 saturated heterocycles. The Morgan fingerprint density at radius 2 is 2.00 bits per heavy atom. The van der Waals surface area contributed by atoms with Crippen LogP contribution in [0.15, 0.2) is 12.1 Å². The summed E-state index contributed by atoms with van der Waals surface area (Å²) in [5.74, 6) is -0.756. The van der Waals surface area contributed by atoms with Crippen LogP contribution in [0.25, 0.3) is 0 Å². The zero-order valence-corrected chi connectivity index (χ0v) is 15.8. The number of hydrogen-bond acceptors (Lipinski definition) is 3. The second-order valence-electron chi connectivity index (χ2n) is 8.16. The Hall–Kier alpha value is -2.11. The average Bonchev–Trinajstić information content (AvgIpc) is 2.95. The van der Waals surface area contributed by atoms with Crippen LogP contribution in [0.1, 0.15) is 67.8 Å². The van der Waals surface area contributed by atoms with Crippen LogP contribution in [-0.2, 0) is 11.3 Å². The van der Waals surface area contributed by atoms with E-state index in [1.807, 2.05) is 0 Å². The monoisotopic (exact) mass is 377 g/mol. The molecule has 0 bridgehead atoms. The number of fused-ring (bicyclic) bond motifs is 1. The van der Waals surface area contributed by atoms with E-state index in [4.69, 9.17) is 5.11 Å². The van der Waals surface area contributed by atoms with Crippen LogP contribution in [0.3, 0.4) is 0 Å². The van der Waals surface area contributed by atoms with Crippen molar-refractivity contribution in [2.45, 2.75) is 58.4 Å². The van der Waals surface area contributed by atoms with E-state index in [0.29, 0.717) is 36.4 Å². The summed E-state index contributed by atoms with van der Waals surface area (Å²) in [6.45, 7) is 3.26. The number of carboxylic acid groups (broad SMARTS) is 1. The summed E-state index contributed by atoms with van der Waals surface area (Å²) in [5, 5.41) is 18.3. The fourth-order valence-electron chi connectivity index (χ4n) is 4.61. The van der Waals surface area contributed by atoms with E-state index < -0.39 is 17.5 Å². The number of rotatable bonds is 7. The second-order valence-corrected chi connectivity index (χ2v) is 8.16. The van der Waals surface area contributed by atoms with Crippen molar-refractivity contribution < 1.29 is 24.2 Å². The molecule has 1 saturated carbocycles. The topological polar surface area (TPSA) is 77.8 Å². The van der Waals surface area contributed by atoms with E-state index in [1.165, 1.54) is 6.07 Å². The molecule has 1 aliphatic heterocycles. The third-order valence-electron chi connectivity index (χ3n) is 6.30. The number of aromatic hydroxyl groups is 1. The van der Waals surface area contributed by atoms with Crippen LogP contribution in [-0.4, -0.2) is 33.5 Å². The minimum absolute atomic E-state index is 0.0238. The van der Waals surface area contributed by atoms with Crippen molar-refractivity contribution in [3.63, 3.8) is 0 Å². The van der Waals surface area contributed by atoms with Gasteiger partial charge < -0.3 is 15.1 Å². The molecule has 1 unspecified atom stereocenters. The normalized spacial score (nSPS) is 23.3. The molecule has 0 radical (unpaired) electrons. The number of carbonyl (C=O) groups is 2. The number of carbonyl (C=O) groups excluding carboxylic acids is 1. The number of hydrogen-bond donors (Lipinski definition) is 2. The van der Waals surface area contributed by atoms with Crippen LogP contribution in [0.4, 0.5) is 4.39 Å². The number of phenolic OH excluding ortho intramolecular Hbond substituents is 1. The van der Waals surface area contributed by atoms with Gasteiger partial charge in [0.1, 0.15) is 0 Å². The van der Waals surface area contributed by atoms with Crippen molar-refractivity contribution >= 4 is 11.9 Å². The van der Waals surface area contributed by atoms with E-state index >= 15 is 0 Å². The minimum Gasteiger partial charge on any atom is -0.505 e. The molecule has 1 heterocycles. The van der Waals surface area contributed by atoms with Crippen LogP contribution < -0.4 is 0 Å². The highest BCUT2D eigenvalue weighted by Crippen LogP contribution is 2.37. The molecule has 2 N–H and O–H groups in total. The van der Waals surface area contributed by atoms with Crippen LogP contribution >= 0.6 is 0 Å². The van der Waals surface area contributed by atoms with Crippen molar-refractivity contribution in [3.05, 3.63) is 29.1 Å². The van der Waals surface area contributed by atoms with Gasteiger partial charge in [0.2, 0.25) is 0 Å². The van der Waals surface area contributed by atoms with Gasteiger partial charge in [-0.05, 0) is 67.9 Å². The zero-order chi connectivity index (χ0) is 19.6. The van der Waals surface area contributed by atoms with Gasteiger partial charge in [0.05, 0.1) is 5.56 Å². The summed E-state index contributed by atoms with van der Waals surface area (Å²) < 4.78 is 14.1. The maximum Gasteiger partial charge on any atom is 0.303 e. The number of benzene rings is 1. The zero-order valence-electron chi connectivity index (χ0n) is 15.8. The number of halogens is 1. The Morgan fingerprint density at radius 1 is 1.30 bits per heavy atom. The molecule has 1 atom stereocenters. The maximum absolute atomic E-state index is 14.1. The molecule has 1 aromatic rings. The highest BCUT2D eigenvalue weighted by molar-refractivity contribution is 5.99. The predicted octanol–water partition coefficient (Wildman–Crippen LogP) is 4.18. The van der Waals surface area contributed by atoms with Crippen molar-refractivity contribution in [2.75, 3.05) is 6.54 Å². The quantitative estimate of drug-likeness (QED) is 0.747. The first kappa shape index (κ1) is 19.6. The van der Waals surface area contributed by atoms with Gasteiger partial charge in [-0.2, -0.15) is 0 Å². The largest absolute Gasteiger partial charge is 0.505 e. The second kappa shape index (κ2) is 8.28. The van der Waals surface area contributed by atoms with Crippen molar-refractivity contribution in [2.24, 2.45) is 17.8 Å². The van der Waals surface area contributed by atoms with E-state index in [0.717, 1.165) is 38.5 Å². The molecule has 0 aromatic heterocycles. The van der Waals surface area contributed by atoms with Gasteiger partial charge in [-0.15, -0.1) is 0 Å². The molecule has 1 aromatic carbocycles. The Labute approximate surface area is 159 Å². The lowest BCUT2D eigenvalue weighted by atomic mass is 9.75. The lowest BCUT2D eigenvalue weighted by molar-refractivity contribution is -0.137. The van der Waals surface area contributed by atoms with E-state index in [-0.39, 0.29) is 17.9 Å². The Morgan fingerprint density at radius 3 is 2.67 bits per heavy atom. The first-order chi connectivity index (χ1) is 12.9. The number of aliphatic carboxylic acids is 1. The molecule has 1 fully saturated rings. The lowest BCUT2D eigenvalue weighted by Gasteiger charge is -2.34. The summed E-state index contributed by atoms with van der Waals surface area (Å²) in [4.78, 5) is 24.9. The van der Waals surface area contributed by atoms with Gasteiger partial charge in [-0.25, -0.2) is 4.39 Å². The first-order valence-corrected chi connectivity index (χ1v) is 9.88. The summed E-state index contributed by atoms with van der Waals surface area (Å²) in [5.41, 5.74) is 0.673. The smallest absolute Gasteiger partial charge is 0.303 e. The van der Waals surface area contributed by atoms with Crippen molar-refractivity contribution in [3.8, 4) is 5.75 Å². The van der Waals surface area contributed by atoms with Gasteiger partial charge in [0.25, 0.3) is 5.91 Å². The number of phenols is 1. The third kappa shape index (κ3) is 4.42. The Balaban J connectivity index is 1.48. The average molecular weight is 377 g/mol. The van der Waals surface area contributed by atoms with E-state index in [1.54, 1.807) is 11.0 Å². The summed E-state index contributed by atoms with van der Waals surface area (Å²) in [6.07, 6.45) is 6.21. The molecule has 27 heavy (non-hydrogen) atoms. The molecule has 2 aliphatic rings. The fraction of sp³-hybridized carbons (Fsp3) is 0.619. The van der Waals surface area contributed by atoms with Crippen molar-refractivity contribution in [1.29, 1.82) is 0 Å². The van der Waals surface area contributed by atoms with Gasteiger partial charge in [0, 0.05) is 19.5 Å².